The lowest BCUT2D eigenvalue weighted by atomic mass is 10.1. The molecule has 0 radical (unpaired) electrons. The van der Waals surface area contributed by atoms with Crippen LogP contribution in [0.15, 0.2) is 29.9 Å². The zero-order valence-corrected chi connectivity index (χ0v) is 16.6. The zero-order chi connectivity index (χ0) is 19.2. The first kappa shape index (κ1) is 18.1. The van der Waals surface area contributed by atoms with E-state index in [2.05, 4.69) is 20.3 Å². The lowest BCUT2D eigenvalue weighted by Gasteiger charge is -2.18. The van der Waals surface area contributed by atoms with E-state index in [1.807, 2.05) is 29.9 Å². The number of nitrogens with one attached hydrogen (secondary N) is 1. The Hall–Kier alpha value is -2.25. The molecule has 27 heavy (non-hydrogen) atoms. The van der Waals surface area contributed by atoms with Crippen molar-refractivity contribution in [2.24, 2.45) is 0 Å². The van der Waals surface area contributed by atoms with Gasteiger partial charge in [-0.15, -0.1) is 11.3 Å². The van der Waals surface area contributed by atoms with Crippen molar-refractivity contribution >= 4 is 32.4 Å². The maximum Gasteiger partial charge on any atom is 0.279 e. The summed E-state index contributed by atoms with van der Waals surface area (Å²) in [7, 11) is -0.459. The minimum Gasteiger partial charge on any atom is -0.339 e. The summed E-state index contributed by atoms with van der Waals surface area (Å²) in [4.78, 5) is 5.29. The van der Waals surface area contributed by atoms with Crippen LogP contribution in [0.5, 0.6) is 0 Å². The number of nitriles is 1. The van der Waals surface area contributed by atoms with E-state index in [9.17, 15) is 13.7 Å². The average Bonchev–Trinajstić information content (AvgIpc) is 3.33. The maximum absolute atomic E-state index is 12.2. The van der Waals surface area contributed by atoms with Gasteiger partial charge < -0.3 is 4.57 Å². The Morgan fingerprint density at radius 2 is 2.22 bits per heavy atom. The van der Waals surface area contributed by atoms with Crippen LogP contribution in [-0.4, -0.2) is 42.4 Å². The van der Waals surface area contributed by atoms with Gasteiger partial charge in [0, 0.05) is 54.2 Å². The van der Waals surface area contributed by atoms with Crippen LogP contribution >= 0.6 is 11.3 Å². The van der Waals surface area contributed by atoms with Crippen molar-refractivity contribution in [3.05, 3.63) is 51.6 Å². The third kappa shape index (κ3) is 3.26. The largest absolute Gasteiger partial charge is 0.339 e. The van der Waals surface area contributed by atoms with Gasteiger partial charge in [-0.2, -0.15) is 22.7 Å². The van der Waals surface area contributed by atoms with E-state index in [-0.39, 0.29) is 6.04 Å². The lowest BCUT2D eigenvalue weighted by Crippen LogP contribution is -2.42. The molecule has 140 valence electrons. The first-order valence-corrected chi connectivity index (χ1v) is 10.8. The minimum absolute atomic E-state index is 0.190. The third-order valence-corrected chi connectivity index (χ3v) is 7.26. The number of fused-ring (bicyclic) bond motifs is 3. The second-order valence-electron chi connectivity index (χ2n) is 6.83. The fourth-order valence-corrected chi connectivity index (χ4v) is 5.00. The smallest absolute Gasteiger partial charge is 0.279 e. The van der Waals surface area contributed by atoms with Gasteiger partial charge in [-0.1, -0.05) is 0 Å². The van der Waals surface area contributed by atoms with Crippen molar-refractivity contribution in [3.63, 3.8) is 0 Å². The topological polar surface area (TPSA) is 91.0 Å². The predicted octanol–water partition coefficient (Wildman–Crippen LogP) is 1.88. The molecule has 1 aromatic carbocycles. The molecule has 1 aliphatic rings. The van der Waals surface area contributed by atoms with E-state index in [0.717, 1.165) is 27.0 Å². The summed E-state index contributed by atoms with van der Waals surface area (Å²) in [5, 5.41) is 10.3. The van der Waals surface area contributed by atoms with Gasteiger partial charge in [0.15, 0.2) is 0 Å². The van der Waals surface area contributed by atoms with Crippen LogP contribution in [-0.2, 0) is 29.6 Å². The Balaban J connectivity index is 1.76. The quantitative estimate of drug-likeness (QED) is 0.707. The molecule has 0 fully saturated rings. The van der Waals surface area contributed by atoms with Gasteiger partial charge in [-0.25, -0.2) is 0 Å². The summed E-state index contributed by atoms with van der Waals surface area (Å²) in [6.45, 7) is 0.690. The Kier molecular flexibility index (Phi) is 4.52. The number of rotatable bonds is 5. The lowest BCUT2D eigenvalue weighted by molar-refractivity contribution is 0.487. The summed E-state index contributed by atoms with van der Waals surface area (Å²) in [6.07, 6.45) is 3.09. The van der Waals surface area contributed by atoms with Crippen molar-refractivity contribution in [2.75, 3.05) is 14.1 Å². The zero-order valence-electron chi connectivity index (χ0n) is 15.0. The monoisotopic (exact) mass is 401 g/mol. The Morgan fingerprint density at radius 1 is 1.41 bits per heavy atom. The predicted molar refractivity (Wildman–Crippen MR) is 105 cm³/mol. The van der Waals surface area contributed by atoms with E-state index in [4.69, 9.17) is 0 Å². The van der Waals surface area contributed by atoms with Gasteiger partial charge >= 0.3 is 0 Å². The molecule has 4 rings (SSSR count). The molecule has 3 aromatic rings. The second kappa shape index (κ2) is 6.73. The fraction of sp³-hybridized carbons (Fsp3) is 0.333. The first-order chi connectivity index (χ1) is 12.9. The number of nitrogens with zero attached hydrogens (tertiary/aromatic N) is 4. The molecule has 0 aliphatic heterocycles. The fourth-order valence-electron chi connectivity index (χ4n) is 3.62. The standard InChI is InChI=1S/C18H19N5O2S2/c1-22(2)27(24,25)21-13-6-16-15-5-12(8-19)3-4-17(15)23(18(16)7-13)10-14-9-20-11-26-14/h3-5,9,11,13,21H,6-7,10H2,1-2H3. The van der Waals surface area contributed by atoms with E-state index >= 15 is 0 Å². The van der Waals surface area contributed by atoms with Gasteiger partial charge in [0.1, 0.15) is 0 Å². The van der Waals surface area contributed by atoms with Gasteiger partial charge in [0.2, 0.25) is 0 Å². The molecule has 9 heteroatoms. The SMILES string of the molecule is CN(C)S(=O)(=O)NC1Cc2c(n(Cc3cncs3)c3ccc(C#N)cc23)C1. The molecule has 1 aliphatic carbocycles. The van der Waals surface area contributed by atoms with Crippen LogP contribution in [0, 0.1) is 11.3 Å². The molecular weight excluding hydrogens is 382 g/mol. The molecule has 2 aromatic heterocycles. The Morgan fingerprint density at radius 3 is 2.89 bits per heavy atom. The maximum atomic E-state index is 12.2. The van der Waals surface area contributed by atoms with Crippen molar-refractivity contribution in [1.82, 2.24) is 18.6 Å². The Labute approximate surface area is 162 Å². The third-order valence-electron chi connectivity index (χ3n) is 4.90. The van der Waals surface area contributed by atoms with Crippen LogP contribution < -0.4 is 4.72 Å². The first-order valence-electron chi connectivity index (χ1n) is 8.50. The van der Waals surface area contributed by atoms with E-state index in [0.29, 0.717) is 24.9 Å². The molecule has 1 unspecified atom stereocenters. The summed E-state index contributed by atoms with van der Waals surface area (Å²) < 4.78 is 30.6. The summed E-state index contributed by atoms with van der Waals surface area (Å²) in [5.74, 6) is 0. The molecule has 0 saturated heterocycles. The normalized spacial score (nSPS) is 16.7. The van der Waals surface area contributed by atoms with Crippen LogP contribution in [0.4, 0.5) is 0 Å². The van der Waals surface area contributed by atoms with Crippen LogP contribution in [0.1, 0.15) is 21.7 Å². The number of benzene rings is 1. The van der Waals surface area contributed by atoms with Crippen LogP contribution in [0.25, 0.3) is 10.9 Å². The summed E-state index contributed by atoms with van der Waals surface area (Å²) >= 11 is 1.60. The minimum atomic E-state index is -3.49. The molecule has 7 nitrogen and oxygen atoms in total. The van der Waals surface area contributed by atoms with Crippen LogP contribution in [0.2, 0.25) is 0 Å². The van der Waals surface area contributed by atoms with Crippen LogP contribution in [0.3, 0.4) is 0 Å². The Bertz CT molecular complexity index is 1140. The van der Waals surface area contributed by atoms with E-state index < -0.39 is 10.2 Å². The number of hydrogen-bond acceptors (Lipinski definition) is 5. The number of hydrogen-bond donors (Lipinski definition) is 1. The molecule has 0 saturated carbocycles. The highest BCUT2D eigenvalue weighted by Gasteiger charge is 2.31. The number of thiazole rings is 1. The van der Waals surface area contributed by atoms with Crippen molar-refractivity contribution in [3.8, 4) is 6.07 Å². The second-order valence-corrected chi connectivity index (χ2v) is 9.72. The average molecular weight is 402 g/mol. The van der Waals surface area contributed by atoms with E-state index in [1.165, 1.54) is 18.4 Å². The van der Waals surface area contributed by atoms with Gasteiger partial charge in [-0.05, 0) is 30.2 Å². The van der Waals surface area contributed by atoms with Crippen molar-refractivity contribution in [2.45, 2.75) is 25.4 Å². The highest BCUT2D eigenvalue weighted by Crippen LogP contribution is 2.35. The van der Waals surface area contributed by atoms with Gasteiger partial charge in [0.25, 0.3) is 10.2 Å². The molecule has 2 heterocycles. The summed E-state index contributed by atoms with van der Waals surface area (Å²) in [5.41, 5.74) is 5.74. The van der Waals surface area contributed by atoms with Crippen molar-refractivity contribution < 1.29 is 8.42 Å². The number of aromatic nitrogens is 2. The highest BCUT2D eigenvalue weighted by atomic mass is 32.2. The highest BCUT2D eigenvalue weighted by molar-refractivity contribution is 7.87. The summed E-state index contributed by atoms with van der Waals surface area (Å²) in [6, 6.07) is 7.71. The molecule has 0 amide bonds. The molecule has 0 bridgehead atoms. The van der Waals surface area contributed by atoms with E-state index in [1.54, 1.807) is 11.3 Å². The molecule has 0 spiro atoms. The van der Waals surface area contributed by atoms with Gasteiger partial charge in [-0.3, -0.25) is 4.98 Å². The molecular formula is C18H19N5O2S2. The van der Waals surface area contributed by atoms with Gasteiger partial charge in [0.05, 0.1) is 23.7 Å². The molecule has 1 atom stereocenters. The molecule has 1 N–H and O–H groups in total. The van der Waals surface area contributed by atoms with Crippen molar-refractivity contribution in [1.29, 1.82) is 5.26 Å².